The van der Waals surface area contributed by atoms with Crippen LogP contribution in [0.25, 0.3) is 0 Å². The maximum Gasteiger partial charge on any atom is 0.322 e. The number of aromatic nitrogens is 3. The molecule has 1 fully saturated rings. The zero-order chi connectivity index (χ0) is 12.5. The molecule has 1 aromatic rings. The standard InChI is InChI=1S/C11H19N5O/c1-11(2)5-7(11)6-13-9-14-8(12-3)15-10(16-9)17-4/h7H,5-6H2,1-4H3,(H2,12,13,14,15,16). The number of hydrogen-bond donors (Lipinski definition) is 2. The van der Waals surface area contributed by atoms with Crippen molar-refractivity contribution in [3.05, 3.63) is 0 Å². The van der Waals surface area contributed by atoms with Crippen LogP contribution in [-0.2, 0) is 0 Å². The first-order valence-electron chi connectivity index (χ1n) is 5.77. The van der Waals surface area contributed by atoms with E-state index in [4.69, 9.17) is 4.74 Å². The highest BCUT2D eigenvalue weighted by atomic mass is 16.5. The van der Waals surface area contributed by atoms with Gasteiger partial charge in [0.15, 0.2) is 0 Å². The lowest BCUT2D eigenvalue weighted by molar-refractivity contribution is 0.379. The average molecular weight is 237 g/mol. The van der Waals surface area contributed by atoms with E-state index in [0.717, 1.165) is 6.54 Å². The van der Waals surface area contributed by atoms with Gasteiger partial charge < -0.3 is 15.4 Å². The molecule has 94 valence electrons. The summed E-state index contributed by atoms with van der Waals surface area (Å²) in [7, 11) is 3.31. The number of rotatable bonds is 5. The first-order valence-corrected chi connectivity index (χ1v) is 5.77. The lowest BCUT2D eigenvalue weighted by Gasteiger charge is -2.08. The number of hydrogen-bond acceptors (Lipinski definition) is 6. The van der Waals surface area contributed by atoms with Crippen LogP contribution < -0.4 is 15.4 Å². The van der Waals surface area contributed by atoms with Gasteiger partial charge in [-0.1, -0.05) is 13.8 Å². The fourth-order valence-electron chi connectivity index (χ4n) is 1.78. The van der Waals surface area contributed by atoms with E-state index >= 15 is 0 Å². The van der Waals surface area contributed by atoms with Crippen molar-refractivity contribution in [2.24, 2.45) is 11.3 Å². The van der Waals surface area contributed by atoms with Gasteiger partial charge >= 0.3 is 6.01 Å². The summed E-state index contributed by atoms with van der Waals surface area (Å²) >= 11 is 0. The Morgan fingerprint density at radius 3 is 2.47 bits per heavy atom. The zero-order valence-corrected chi connectivity index (χ0v) is 10.7. The molecule has 2 rings (SSSR count). The van der Waals surface area contributed by atoms with Gasteiger partial charge in [-0.2, -0.15) is 15.0 Å². The Morgan fingerprint density at radius 1 is 1.29 bits per heavy atom. The van der Waals surface area contributed by atoms with Gasteiger partial charge in [0.25, 0.3) is 0 Å². The third-order valence-corrected chi connectivity index (χ3v) is 3.25. The molecule has 0 bridgehead atoms. The van der Waals surface area contributed by atoms with Crippen molar-refractivity contribution in [1.29, 1.82) is 0 Å². The Hall–Kier alpha value is -1.59. The van der Waals surface area contributed by atoms with Gasteiger partial charge in [0.1, 0.15) is 0 Å². The lowest BCUT2D eigenvalue weighted by Crippen LogP contribution is -2.12. The fraction of sp³-hybridized carbons (Fsp3) is 0.727. The molecule has 1 atom stereocenters. The second-order valence-corrected chi connectivity index (χ2v) is 4.99. The van der Waals surface area contributed by atoms with Crippen LogP contribution in [0.1, 0.15) is 20.3 Å². The lowest BCUT2D eigenvalue weighted by atomic mass is 10.1. The van der Waals surface area contributed by atoms with Gasteiger partial charge in [0.2, 0.25) is 11.9 Å². The van der Waals surface area contributed by atoms with E-state index in [0.29, 0.717) is 29.2 Å². The molecular formula is C11H19N5O. The number of nitrogens with zero attached hydrogens (tertiary/aromatic N) is 3. The monoisotopic (exact) mass is 237 g/mol. The molecule has 17 heavy (non-hydrogen) atoms. The Kier molecular flexibility index (Phi) is 3.04. The van der Waals surface area contributed by atoms with Crippen LogP contribution in [0, 0.1) is 11.3 Å². The molecule has 0 amide bonds. The first kappa shape index (κ1) is 11.9. The smallest absolute Gasteiger partial charge is 0.322 e. The van der Waals surface area contributed by atoms with Crippen molar-refractivity contribution >= 4 is 11.9 Å². The Labute approximate surface area is 101 Å². The maximum absolute atomic E-state index is 5.02. The van der Waals surface area contributed by atoms with Crippen LogP contribution >= 0.6 is 0 Å². The number of nitrogens with one attached hydrogen (secondary N) is 2. The molecule has 1 aromatic heterocycles. The largest absolute Gasteiger partial charge is 0.467 e. The molecule has 2 N–H and O–H groups in total. The van der Waals surface area contributed by atoms with Gasteiger partial charge in [0.05, 0.1) is 7.11 Å². The Morgan fingerprint density at radius 2 is 1.94 bits per heavy atom. The van der Waals surface area contributed by atoms with Crippen LogP contribution in [0.2, 0.25) is 0 Å². The van der Waals surface area contributed by atoms with Gasteiger partial charge in [0, 0.05) is 13.6 Å². The van der Waals surface area contributed by atoms with Crippen molar-refractivity contribution in [2.75, 3.05) is 31.3 Å². The van der Waals surface area contributed by atoms with Crippen molar-refractivity contribution < 1.29 is 4.74 Å². The highest BCUT2D eigenvalue weighted by Gasteiger charge is 2.45. The third kappa shape index (κ3) is 2.75. The van der Waals surface area contributed by atoms with Crippen molar-refractivity contribution in [1.82, 2.24) is 15.0 Å². The van der Waals surface area contributed by atoms with Crippen LogP contribution in [0.5, 0.6) is 6.01 Å². The molecule has 1 unspecified atom stereocenters. The van der Waals surface area contributed by atoms with E-state index in [9.17, 15) is 0 Å². The molecule has 1 saturated carbocycles. The minimum absolute atomic E-state index is 0.321. The maximum atomic E-state index is 5.02. The molecule has 6 heteroatoms. The minimum atomic E-state index is 0.321. The fourth-order valence-corrected chi connectivity index (χ4v) is 1.78. The third-order valence-electron chi connectivity index (χ3n) is 3.25. The average Bonchev–Trinajstić information content (AvgIpc) is 2.94. The summed E-state index contributed by atoms with van der Waals surface area (Å²) in [5.41, 5.74) is 0.454. The summed E-state index contributed by atoms with van der Waals surface area (Å²) in [5.74, 6) is 1.77. The molecule has 1 aliphatic rings. The van der Waals surface area contributed by atoms with Crippen LogP contribution in [-0.4, -0.2) is 35.7 Å². The van der Waals surface area contributed by atoms with E-state index < -0.39 is 0 Å². The molecule has 0 radical (unpaired) electrons. The molecule has 1 heterocycles. The molecule has 0 saturated heterocycles. The normalized spacial score (nSPS) is 20.8. The summed E-state index contributed by atoms with van der Waals surface area (Å²) in [6.45, 7) is 5.43. The van der Waals surface area contributed by atoms with E-state index in [-0.39, 0.29) is 0 Å². The molecule has 6 nitrogen and oxygen atoms in total. The van der Waals surface area contributed by atoms with Gasteiger partial charge in [-0.15, -0.1) is 0 Å². The van der Waals surface area contributed by atoms with E-state index in [1.165, 1.54) is 6.42 Å². The quantitative estimate of drug-likeness (QED) is 0.806. The molecule has 0 aliphatic heterocycles. The predicted molar refractivity (Wildman–Crippen MR) is 66.3 cm³/mol. The van der Waals surface area contributed by atoms with Crippen LogP contribution in [0.3, 0.4) is 0 Å². The summed E-state index contributed by atoms with van der Waals surface area (Å²) in [4.78, 5) is 12.4. The Bertz CT molecular complexity index is 385. The summed E-state index contributed by atoms with van der Waals surface area (Å²) in [6.07, 6.45) is 1.25. The summed E-state index contributed by atoms with van der Waals surface area (Å²) in [5, 5.41) is 6.11. The number of anilines is 2. The second-order valence-electron chi connectivity index (χ2n) is 4.99. The van der Waals surface area contributed by atoms with Gasteiger partial charge in [-0.3, -0.25) is 0 Å². The SMILES string of the molecule is CNc1nc(NCC2CC2(C)C)nc(OC)n1. The Balaban J connectivity index is 2.00. The topological polar surface area (TPSA) is 72.0 Å². The van der Waals surface area contributed by atoms with Crippen LogP contribution in [0.4, 0.5) is 11.9 Å². The predicted octanol–water partition coefficient (Wildman–Crippen LogP) is 1.38. The van der Waals surface area contributed by atoms with Crippen molar-refractivity contribution in [3.63, 3.8) is 0 Å². The zero-order valence-electron chi connectivity index (χ0n) is 10.7. The molecule has 0 aromatic carbocycles. The summed E-state index contributed by atoms with van der Waals surface area (Å²) < 4.78 is 5.02. The second kappa shape index (κ2) is 4.35. The highest BCUT2D eigenvalue weighted by Crippen LogP contribution is 2.51. The van der Waals surface area contributed by atoms with E-state index in [2.05, 4.69) is 39.4 Å². The number of methoxy groups -OCH3 is 1. The number of ether oxygens (including phenoxy) is 1. The molecular weight excluding hydrogens is 218 g/mol. The molecule has 0 spiro atoms. The van der Waals surface area contributed by atoms with Crippen LogP contribution in [0.15, 0.2) is 0 Å². The van der Waals surface area contributed by atoms with Crippen molar-refractivity contribution in [3.8, 4) is 6.01 Å². The minimum Gasteiger partial charge on any atom is -0.467 e. The van der Waals surface area contributed by atoms with Crippen molar-refractivity contribution in [2.45, 2.75) is 20.3 Å². The van der Waals surface area contributed by atoms with Gasteiger partial charge in [-0.05, 0) is 17.8 Å². The first-order chi connectivity index (χ1) is 8.05. The molecule has 1 aliphatic carbocycles. The highest BCUT2D eigenvalue weighted by molar-refractivity contribution is 5.35. The van der Waals surface area contributed by atoms with E-state index in [1.54, 1.807) is 14.2 Å². The van der Waals surface area contributed by atoms with E-state index in [1.807, 2.05) is 0 Å². The summed E-state index contributed by atoms with van der Waals surface area (Å²) in [6, 6.07) is 0.321. The van der Waals surface area contributed by atoms with Gasteiger partial charge in [-0.25, -0.2) is 0 Å².